The standard InChI is InChI=1S/C7H12O3/c8-4-6-10-7-3-1-2-5-9-7/h2,5,7-8H,1,3-4,6H2. The molecule has 0 aromatic heterocycles. The van der Waals surface area contributed by atoms with Crippen molar-refractivity contribution in [3.63, 3.8) is 0 Å². The van der Waals surface area contributed by atoms with Crippen LogP contribution >= 0.6 is 0 Å². The van der Waals surface area contributed by atoms with E-state index in [0.717, 1.165) is 12.8 Å². The van der Waals surface area contributed by atoms with Gasteiger partial charge in [0.2, 0.25) is 0 Å². The van der Waals surface area contributed by atoms with Crippen LogP contribution in [0.3, 0.4) is 0 Å². The summed E-state index contributed by atoms with van der Waals surface area (Å²) in [6.45, 7) is 0.419. The highest BCUT2D eigenvalue weighted by Gasteiger charge is 2.09. The van der Waals surface area contributed by atoms with Gasteiger partial charge in [-0.1, -0.05) is 0 Å². The predicted molar refractivity (Wildman–Crippen MR) is 36.3 cm³/mol. The van der Waals surface area contributed by atoms with E-state index in [-0.39, 0.29) is 12.9 Å². The lowest BCUT2D eigenvalue weighted by molar-refractivity contribution is -0.121. The minimum Gasteiger partial charge on any atom is -0.473 e. The number of aliphatic hydroxyl groups is 1. The van der Waals surface area contributed by atoms with Gasteiger partial charge in [-0.3, -0.25) is 0 Å². The topological polar surface area (TPSA) is 38.7 Å². The largest absolute Gasteiger partial charge is 0.473 e. The summed E-state index contributed by atoms with van der Waals surface area (Å²) >= 11 is 0. The van der Waals surface area contributed by atoms with Gasteiger partial charge in [0, 0.05) is 6.42 Å². The van der Waals surface area contributed by atoms with Crippen LogP contribution in [0.5, 0.6) is 0 Å². The van der Waals surface area contributed by atoms with E-state index in [1.54, 1.807) is 6.26 Å². The molecule has 0 aromatic rings. The van der Waals surface area contributed by atoms with Crippen LogP contribution in [0.1, 0.15) is 12.8 Å². The summed E-state index contributed by atoms with van der Waals surface area (Å²) in [5, 5.41) is 8.40. The molecule has 3 heteroatoms. The van der Waals surface area contributed by atoms with Gasteiger partial charge in [0.15, 0.2) is 6.29 Å². The van der Waals surface area contributed by atoms with E-state index in [9.17, 15) is 0 Å². The lowest BCUT2D eigenvalue weighted by Gasteiger charge is -2.18. The fourth-order valence-electron chi connectivity index (χ4n) is 0.818. The van der Waals surface area contributed by atoms with Gasteiger partial charge >= 0.3 is 0 Å². The third kappa shape index (κ3) is 2.37. The Hall–Kier alpha value is -0.540. The molecule has 0 bridgehead atoms. The molecule has 0 aromatic carbocycles. The molecule has 10 heavy (non-hydrogen) atoms. The van der Waals surface area contributed by atoms with Crippen molar-refractivity contribution in [2.45, 2.75) is 19.1 Å². The fourth-order valence-corrected chi connectivity index (χ4v) is 0.818. The Morgan fingerprint density at radius 3 is 3.20 bits per heavy atom. The second kappa shape index (κ2) is 4.30. The summed E-state index contributed by atoms with van der Waals surface area (Å²) < 4.78 is 10.2. The van der Waals surface area contributed by atoms with E-state index in [0.29, 0.717) is 6.61 Å². The Bertz CT molecular complexity index is 111. The van der Waals surface area contributed by atoms with Gasteiger partial charge in [-0.05, 0) is 12.5 Å². The second-order valence-corrected chi connectivity index (χ2v) is 2.11. The second-order valence-electron chi connectivity index (χ2n) is 2.11. The van der Waals surface area contributed by atoms with Crippen LogP contribution in [0.15, 0.2) is 12.3 Å². The first-order valence-electron chi connectivity index (χ1n) is 3.46. The third-order valence-corrected chi connectivity index (χ3v) is 1.29. The maximum atomic E-state index is 8.40. The summed E-state index contributed by atoms with van der Waals surface area (Å²) in [4.78, 5) is 0. The first-order valence-corrected chi connectivity index (χ1v) is 3.46. The Morgan fingerprint density at radius 2 is 2.60 bits per heavy atom. The highest BCUT2D eigenvalue weighted by Crippen LogP contribution is 2.10. The number of hydrogen-bond donors (Lipinski definition) is 1. The molecule has 0 aliphatic carbocycles. The molecule has 1 aliphatic rings. The maximum absolute atomic E-state index is 8.40. The van der Waals surface area contributed by atoms with Gasteiger partial charge in [0.1, 0.15) is 0 Å². The fraction of sp³-hybridized carbons (Fsp3) is 0.714. The molecular weight excluding hydrogens is 132 g/mol. The zero-order chi connectivity index (χ0) is 7.23. The van der Waals surface area contributed by atoms with Crippen molar-refractivity contribution in [2.24, 2.45) is 0 Å². The Morgan fingerprint density at radius 1 is 1.70 bits per heavy atom. The molecule has 0 fully saturated rings. The van der Waals surface area contributed by atoms with Crippen molar-refractivity contribution in [2.75, 3.05) is 13.2 Å². The average Bonchev–Trinajstić information content (AvgIpc) is 2.03. The summed E-state index contributed by atoms with van der Waals surface area (Å²) in [7, 11) is 0. The van der Waals surface area contributed by atoms with Crippen LogP contribution in [0, 0.1) is 0 Å². The van der Waals surface area contributed by atoms with Gasteiger partial charge in [-0.2, -0.15) is 0 Å². The van der Waals surface area contributed by atoms with E-state index in [1.807, 2.05) is 6.08 Å². The van der Waals surface area contributed by atoms with Crippen LogP contribution in [0.4, 0.5) is 0 Å². The SMILES string of the molecule is OCCOC1CCC=CO1. The third-order valence-electron chi connectivity index (χ3n) is 1.29. The molecule has 0 saturated carbocycles. The van der Waals surface area contributed by atoms with E-state index in [2.05, 4.69) is 0 Å². The molecule has 1 aliphatic heterocycles. The summed E-state index contributed by atoms with van der Waals surface area (Å²) in [5.41, 5.74) is 0. The molecule has 1 rings (SSSR count). The van der Waals surface area contributed by atoms with Crippen molar-refractivity contribution in [3.05, 3.63) is 12.3 Å². The lowest BCUT2D eigenvalue weighted by Crippen LogP contribution is -2.18. The molecular formula is C7H12O3. The molecule has 58 valence electrons. The Labute approximate surface area is 60.3 Å². The van der Waals surface area contributed by atoms with Crippen molar-refractivity contribution in [3.8, 4) is 0 Å². The number of allylic oxidation sites excluding steroid dienone is 1. The summed E-state index contributed by atoms with van der Waals surface area (Å²) in [5.74, 6) is 0. The lowest BCUT2D eigenvalue weighted by atomic mass is 10.3. The smallest absolute Gasteiger partial charge is 0.199 e. The van der Waals surface area contributed by atoms with E-state index < -0.39 is 0 Å². The minimum absolute atomic E-state index is 0.0591. The van der Waals surface area contributed by atoms with Gasteiger partial charge in [0.05, 0.1) is 19.5 Å². The highest BCUT2D eigenvalue weighted by molar-refractivity contribution is 4.78. The quantitative estimate of drug-likeness (QED) is 0.632. The predicted octanol–water partition coefficient (Wildman–Crippen LogP) is 0.645. The molecule has 1 heterocycles. The number of hydrogen-bond acceptors (Lipinski definition) is 3. The summed E-state index contributed by atoms with van der Waals surface area (Å²) in [6.07, 6.45) is 5.34. The monoisotopic (exact) mass is 144 g/mol. The van der Waals surface area contributed by atoms with E-state index >= 15 is 0 Å². The molecule has 0 spiro atoms. The van der Waals surface area contributed by atoms with Gasteiger partial charge in [-0.25, -0.2) is 0 Å². The molecule has 0 saturated heterocycles. The molecule has 1 unspecified atom stereocenters. The van der Waals surface area contributed by atoms with E-state index in [4.69, 9.17) is 14.6 Å². The number of rotatable bonds is 3. The van der Waals surface area contributed by atoms with Crippen LogP contribution in [-0.4, -0.2) is 24.6 Å². The number of aliphatic hydroxyl groups excluding tert-OH is 1. The molecule has 1 N–H and O–H groups in total. The molecule has 0 radical (unpaired) electrons. The zero-order valence-corrected chi connectivity index (χ0v) is 5.82. The Balaban J connectivity index is 2.10. The van der Waals surface area contributed by atoms with Gasteiger partial charge in [-0.15, -0.1) is 0 Å². The number of ether oxygens (including phenoxy) is 2. The Kier molecular flexibility index (Phi) is 3.26. The molecule has 1 atom stereocenters. The van der Waals surface area contributed by atoms with E-state index in [1.165, 1.54) is 0 Å². The van der Waals surface area contributed by atoms with Crippen molar-refractivity contribution in [1.82, 2.24) is 0 Å². The normalized spacial score (nSPS) is 24.3. The van der Waals surface area contributed by atoms with Gasteiger partial charge in [0.25, 0.3) is 0 Å². The molecule has 0 amide bonds. The molecule has 3 nitrogen and oxygen atoms in total. The van der Waals surface area contributed by atoms with Gasteiger partial charge < -0.3 is 14.6 Å². The maximum Gasteiger partial charge on any atom is 0.199 e. The summed E-state index contributed by atoms with van der Waals surface area (Å²) in [6, 6.07) is 0. The van der Waals surface area contributed by atoms with Crippen molar-refractivity contribution >= 4 is 0 Å². The van der Waals surface area contributed by atoms with Crippen molar-refractivity contribution in [1.29, 1.82) is 0 Å². The minimum atomic E-state index is -0.142. The van der Waals surface area contributed by atoms with Crippen molar-refractivity contribution < 1.29 is 14.6 Å². The highest BCUT2D eigenvalue weighted by atomic mass is 16.7. The van der Waals surface area contributed by atoms with Crippen LogP contribution in [0.2, 0.25) is 0 Å². The van der Waals surface area contributed by atoms with Crippen LogP contribution in [0.25, 0.3) is 0 Å². The zero-order valence-electron chi connectivity index (χ0n) is 5.82. The van der Waals surface area contributed by atoms with Crippen LogP contribution < -0.4 is 0 Å². The van der Waals surface area contributed by atoms with Crippen LogP contribution in [-0.2, 0) is 9.47 Å². The first-order chi connectivity index (χ1) is 4.93. The first kappa shape index (κ1) is 7.57. The average molecular weight is 144 g/mol.